The van der Waals surface area contributed by atoms with Crippen molar-refractivity contribution in [3.8, 4) is 0 Å². The Labute approximate surface area is 105 Å². The molecule has 3 nitrogen and oxygen atoms in total. The number of nitrogens with one attached hydrogen (secondary N) is 1. The fraction of sp³-hybridized carbons (Fsp3) is 0.571. The molecule has 0 heterocycles. The minimum Gasteiger partial charge on any atom is -0.383 e. The van der Waals surface area contributed by atoms with Gasteiger partial charge >= 0.3 is 0 Å². The molecule has 0 saturated heterocycles. The monoisotopic (exact) mass is 236 g/mol. The minimum absolute atomic E-state index is 0.438. The highest BCUT2D eigenvalue weighted by molar-refractivity contribution is 5.23. The number of hydrogen-bond donors (Lipinski definition) is 1. The van der Waals surface area contributed by atoms with Crippen molar-refractivity contribution in [3.05, 3.63) is 35.4 Å². The predicted molar refractivity (Wildman–Crippen MR) is 72.0 cm³/mol. The molecule has 17 heavy (non-hydrogen) atoms. The van der Waals surface area contributed by atoms with Crippen molar-refractivity contribution in [3.63, 3.8) is 0 Å². The highest BCUT2D eigenvalue weighted by Crippen LogP contribution is 2.09. The molecule has 0 aliphatic rings. The van der Waals surface area contributed by atoms with E-state index < -0.39 is 0 Å². The molecule has 3 heteroatoms. The quantitative estimate of drug-likeness (QED) is 0.782. The third kappa shape index (κ3) is 4.86. The average Bonchev–Trinajstić information content (AvgIpc) is 2.30. The second kappa shape index (κ2) is 7.43. The molecule has 96 valence electrons. The lowest BCUT2D eigenvalue weighted by Gasteiger charge is -2.24. The molecule has 1 atom stereocenters. The highest BCUT2D eigenvalue weighted by atomic mass is 16.5. The molecule has 0 bridgehead atoms. The van der Waals surface area contributed by atoms with Crippen LogP contribution in [0.4, 0.5) is 0 Å². The predicted octanol–water partition coefficient (Wildman–Crippen LogP) is 1.87. The lowest BCUT2D eigenvalue weighted by atomic mass is 10.1. The maximum atomic E-state index is 5.17. The van der Waals surface area contributed by atoms with Gasteiger partial charge in [-0.15, -0.1) is 0 Å². The lowest BCUT2D eigenvalue weighted by Crippen LogP contribution is -2.32. The van der Waals surface area contributed by atoms with Gasteiger partial charge in [-0.1, -0.05) is 24.3 Å². The lowest BCUT2D eigenvalue weighted by molar-refractivity contribution is 0.112. The molecular formula is C14H24N2O. The molecule has 1 N–H and O–H groups in total. The Morgan fingerprint density at radius 2 is 2.06 bits per heavy atom. The third-order valence-corrected chi connectivity index (χ3v) is 2.96. The van der Waals surface area contributed by atoms with Crippen LogP contribution in [0.5, 0.6) is 0 Å². The maximum Gasteiger partial charge on any atom is 0.0615 e. The summed E-state index contributed by atoms with van der Waals surface area (Å²) in [5.41, 5.74) is 2.68. The molecule has 0 saturated carbocycles. The summed E-state index contributed by atoms with van der Waals surface area (Å²) in [6.45, 7) is 4.83. The van der Waals surface area contributed by atoms with E-state index in [1.165, 1.54) is 11.1 Å². The molecule has 1 aromatic carbocycles. The first-order chi connectivity index (χ1) is 8.17. The summed E-state index contributed by atoms with van der Waals surface area (Å²) in [7, 11) is 5.85. The van der Waals surface area contributed by atoms with E-state index in [0.29, 0.717) is 6.04 Å². The zero-order valence-electron chi connectivity index (χ0n) is 11.4. The van der Waals surface area contributed by atoms with Crippen LogP contribution < -0.4 is 5.32 Å². The fourth-order valence-corrected chi connectivity index (χ4v) is 1.85. The SMILES string of the molecule is CNCc1cccc(CN(C)C(C)COC)c1. The van der Waals surface area contributed by atoms with E-state index >= 15 is 0 Å². The molecule has 0 aromatic heterocycles. The van der Waals surface area contributed by atoms with Crippen LogP contribution in [-0.4, -0.2) is 38.8 Å². The first-order valence-electron chi connectivity index (χ1n) is 6.09. The number of benzene rings is 1. The van der Waals surface area contributed by atoms with E-state index in [-0.39, 0.29) is 0 Å². The topological polar surface area (TPSA) is 24.5 Å². The Kier molecular flexibility index (Phi) is 6.19. The molecular weight excluding hydrogens is 212 g/mol. The third-order valence-electron chi connectivity index (χ3n) is 2.96. The Morgan fingerprint density at radius 1 is 1.35 bits per heavy atom. The van der Waals surface area contributed by atoms with E-state index in [1.807, 2.05) is 7.05 Å². The maximum absolute atomic E-state index is 5.17. The van der Waals surface area contributed by atoms with Gasteiger partial charge in [0.2, 0.25) is 0 Å². The van der Waals surface area contributed by atoms with Crippen LogP contribution in [-0.2, 0) is 17.8 Å². The van der Waals surface area contributed by atoms with Gasteiger partial charge in [-0.2, -0.15) is 0 Å². The summed E-state index contributed by atoms with van der Waals surface area (Å²) in [5, 5.41) is 3.17. The van der Waals surface area contributed by atoms with E-state index in [9.17, 15) is 0 Å². The summed E-state index contributed by atoms with van der Waals surface area (Å²) >= 11 is 0. The van der Waals surface area contributed by atoms with Gasteiger partial charge in [-0.05, 0) is 32.1 Å². The average molecular weight is 236 g/mol. The first-order valence-corrected chi connectivity index (χ1v) is 6.09. The van der Waals surface area contributed by atoms with Gasteiger partial charge in [0.25, 0.3) is 0 Å². The molecule has 0 spiro atoms. The van der Waals surface area contributed by atoms with Crippen molar-refractivity contribution >= 4 is 0 Å². The van der Waals surface area contributed by atoms with Crippen LogP contribution >= 0.6 is 0 Å². The van der Waals surface area contributed by atoms with Gasteiger partial charge in [0, 0.05) is 26.2 Å². The minimum atomic E-state index is 0.438. The van der Waals surface area contributed by atoms with Crippen molar-refractivity contribution in [2.24, 2.45) is 0 Å². The van der Waals surface area contributed by atoms with Crippen LogP contribution in [0, 0.1) is 0 Å². The highest BCUT2D eigenvalue weighted by Gasteiger charge is 2.09. The largest absolute Gasteiger partial charge is 0.383 e. The van der Waals surface area contributed by atoms with Crippen LogP contribution in [0.25, 0.3) is 0 Å². The summed E-state index contributed by atoms with van der Waals surface area (Å²) in [6.07, 6.45) is 0. The second-order valence-electron chi connectivity index (χ2n) is 4.57. The van der Waals surface area contributed by atoms with Crippen molar-refractivity contribution in [2.75, 3.05) is 27.8 Å². The van der Waals surface area contributed by atoms with E-state index in [2.05, 4.69) is 48.5 Å². The molecule has 0 radical (unpaired) electrons. The number of rotatable bonds is 7. The van der Waals surface area contributed by atoms with Gasteiger partial charge in [0.05, 0.1) is 6.61 Å². The van der Waals surface area contributed by atoms with Crippen LogP contribution in [0.1, 0.15) is 18.1 Å². The van der Waals surface area contributed by atoms with E-state index in [1.54, 1.807) is 7.11 Å². The zero-order chi connectivity index (χ0) is 12.7. The molecule has 0 amide bonds. The summed E-state index contributed by atoms with van der Waals surface area (Å²) in [5.74, 6) is 0. The normalized spacial score (nSPS) is 13.0. The number of hydrogen-bond acceptors (Lipinski definition) is 3. The molecule has 1 unspecified atom stereocenters. The molecule has 1 aromatic rings. The molecule has 0 aliphatic heterocycles. The first kappa shape index (κ1) is 14.2. The number of methoxy groups -OCH3 is 1. The van der Waals surface area contributed by atoms with Crippen LogP contribution in [0.2, 0.25) is 0 Å². The van der Waals surface area contributed by atoms with Gasteiger partial charge < -0.3 is 10.1 Å². The molecule has 0 aliphatic carbocycles. The van der Waals surface area contributed by atoms with Crippen LogP contribution in [0.15, 0.2) is 24.3 Å². The van der Waals surface area contributed by atoms with E-state index in [0.717, 1.165) is 19.7 Å². The molecule has 0 fully saturated rings. The Bertz CT molecular complexity index is 328. The summed E-state index contributed by atoms with van der Waals surface area (Å²) < 4.78 is 5.17. The smallest absolute Gasteiger partial charge is 0.0615 e. The number of likely N-dealkylation sites (N-methyl/N-ethyl adjacent to an activating group) is 1. The summed E-state index contributed by atoms with van der Waals surface area (Å²) in [4.78, 5) is 2.31. The van der Waals surface area contributed by atoms with Gasteiger partial charge in [-0.3, -0.25) is 4.90 Å². The standard InChI is InChI=1S/C14H24N2O/c1-12(11-17-4)16(3)10-14-7-5-6-13(8-14)9-15-2/h5-8,12,15H,9-11H2,1-4H3. The Balaban J connectivity index is 2.58. The van der Waals surface area contributed by atoms with Crippen molar-refractivity contribution in [1.29, 1.82) is 0 Å². The van der Waals surface area contributed by atoms with Crippen molar-refractivity contribution in [1.82, 2.24) is 10.2 Å². The fourth-order valence-electron chi connectivity index (χ4n) is 1.85. The Morgan fingerprint density at radius 3 is 2.71 bits per heavy atom. The Hall–Kier alpha value is -0.900. The van der Waals surface area contributed by atoms with Gasteiger partial charge in [0.1, 0.15) is 0 Å². The second-order valence-corrected chi connectivity index (χ2v) is 4.57. The number of ether oxygens (including phenoxy) is 1. The van der Waals surface area contributed by atoms with E-state index in [4.69, 9.17) is 4.74 Å². The zero-order valence-corrected chi connectivity index (χ0v) is 11.4. The van der Waals surface area contributed by atoms with Gasteiger partial charge in [-0.25, -0.2) is 0 Å². The summed E-state index contributed by atoms with van der Waals surface area (Å²) in [6, 6.07) is 9.14. The molecule has 1 rings (SSSR count). The number of nitrogens with zero attached hydrogens (tertiary/aromatic N) is 1. The van der Waals surface area contributed by atoms with Crippen molar-refractivity contribution in [2.45, 2.75) is 26.1 Å². The van der Waals surface area contributed by atoms with Crippen LogP contribution in [0.3, 0.4) is 0 Å². The van der Waals surface area contributed by atoms with Crippen molar-refractivity contribution < 1.29 is 4.74 Å². The van der Waals surface area contributed by atoms with Gasteiger partial charge in [0.15, 0.2) is 0 Å².